The lowest BCUT2D eigenvalue weighted by atomic mass is 10.2. The van der Waals surface area contributed by atoms with Crippen molar-refractivity contribution < 1.29 is 9.90 Å². The van der Waals surface area contributed by atoms with E-state index in [2.05, 4.69) is 12.2 Å². The van der Waals surface area contributed by atoms with Crippen LogP contribution in [0.5, 0.6) is 0 Å². The van der Waals surface area contributed by atoms with E-state index in [1.165, 1.54) is 0 Å². The third-order valence-corrected chi connectivity index (χ3v) is 2.55. The molecule has 1 atom stereocenters. The van der Waals surface area contributed by atoms with Crippen LogP contribution in [0.3, 0.4) is 0 Å². The first-order chi connectivity index (χ1) is 7.17. The van der Waals surface area contributed by atoms with Crippen molar-refractivity contribution in [1.82, 2.24) is 10.2 Å². The van der Waals surface area contributed by atoms with Crippen molar-refractivity contribution in [2.24, 2.45) is 0 Å². The monoisotopic (exact) mass is 216 g/mol. The lowest BCUT2D eigenvalue weighted by Gasteiger charge is -2.25. The van der Waals surface area contributed by atoms with E-state index in [-0.39, 0.29) is 18.6 Å². The van der Waals surface area contributed by atoms with Gasteiger partial charge in [-0.05, 0) is 19.9 Å². The first-order valence-electron chi connectivity index (χ1n) is 5.79. The van der Waals surface area contributed by atoms with E-state index in [1.54, 1.807) is 0 Å². The predicted octanol–water partition coefficient (Wildman–Crippen LogP) is 0.605. The Morgan fingerprint density at radius 2 is 2.13 bits per heavy atom. The van der Waals surface area contributed by atoms with Crippen molar-refractivity contribution in [3.63, 3.8) is 0 Å². The molecular formula is C11H24N2O2. The average Bonchev–Trinajstić information content (AvgIpc) is 2.25. The van der Waals surface area contributed by atoms with Crippen LogP contribution < -0.4 is 5.32 Å². The number of nitrogens with zero attached hydrogens (tertiary/aromatic N) is 1. The number of rotatable bonds is 8. The number of aliphatic hydroxyl groups is 1. The second-order valence-corrected chi connectivity index (χ2v) is 3.67. The molecular weight excluding hydrogens is 192 g/mol. The average molecular weight is 216 g/mol. The molecule has 0 fully saturated rings. The molecule has 0 radical (unpaired) electrons. The second kappa shape index (κ2) is 8.68. The minimum absolute atomic E-state index is 0.0544. The highest BCUT2D eigenvalue weighted by molar-refractivity contribution is 5.81. The zero-order valence-electron chi connectivity index (χ0n) is 10.1. The normalized spacial score (nSPS) is 12.9. The maximum absolute atomic E-state index is 11.7. The fourth-order valence-corrected chi connectivity index (χ4v) is 1.46. The molecule has 0 aromatic heterocycles. The Bertz CT molecular complexity index is 174. The molecule has 0 bridgehead atoms. The van der Waals surface area contributed by atoms with Crippen LogP contribution >= 0.6 is 0 Å². The van der Waals surface area contributed by atoms with Crippen molar-refractivity contribution in [2.45, 2.75) is 39.7 Å². The van der Waals surface area contributed by atoms with Gasteiger partial charge in [0.2, 0.25) is 5.91 Å². The highest BCUT2D eigenvalue weighted by atomic mass is 16.3. The molecule has 0 saturated carbocycles. The summed E-state index contributed by atoms with van der Waals surface area (Å²) in [5.41, 5.74) is 0. The number of carbonyl (C=O) groups is 1. The van der Waals surface area contributed by atoms with Gasteiger partial charge in [0.15, 0.2) is 0 Å². The summed E-state index contributed by atoms with van der Waals surface area (Å²) in [6.45, 7) is 8.14. The van der Waals surface area contributed by atoms with Gasteiger partial charge >= 0.3 is 0 Å². The maximum atomic E-state index is 11.7. The lowest BCUT2D eigenvalue weighted by Crippen LogP contribution is -2.46. The van der Waals surface area contributed by atoms with E-state index in [4.69, 9.17) is 5.11 Å². The minimum atomic E-state index is -0.154. The van der Waals surface area contributed by atoms with E-state index in [0.717, 1.165) is 25.9 Å². The first-order valence-corrected chi connectivity index (χ1v) is 5.79. The maximum Gasteiger partial charge on any atom is 0.237 e. The molecule has 1 amide bonds. The Labute approximate surface area is 92.7 Å². The molecule has 0 aromatic carbocycles. The summed E-state index contributed by atoms with van der Waals surface area (Å²) in [5.74, 6) is 0.0544. The summed E-state index contributed by atoms with van der Waals surface area (Å²) >= 11 is 0. The molecule has 0 aliphatic carbocycles. The summed E-state index contributed by atoms with van der Waals surface area (Å²) < 4.78 is 0. The molecule has 15 heavy (non-hydrogen) atoms. The third-order valence-electron chi connectivity index (χ3n) is 2.55. The Hall–Kier alpha value is -0.610. The SMILES string of the molecule is CCCCNC(=O)C(C)N(CC)CCO. The van der Waals surface area contributed by atoms with Crippen molar-refractivity contribution in [3.8, 4) is 0 Å². The smallest absolute Gasteiger partial charge is 0.237 e. The van der Waals surface area contributed by atoms with Gasteiger partial charge in [0.25, 0.3) is 0 Å². The van der Waals surface area contributed by atoms with Crippen LogP contribution in [0.1, 0.15) is 33.6 Å². The van der Waals surface area contributed by atoms with Crippen molar-refractivity contribution >= 4 is 5.91 Å². The standard InChI is InChI=1S/C11H24N2O2/c1-4-6-7-12-11(15)10(3)13(5-2)8-9-14/h10,14H,4-9H2,1-3H3,(H,12,15). The highest BCUT2D eigenvalue weighted by Gasteiger charge is 2.18. The van der Waals surface area contributed by atoms with E-state index < -0.39 is 0 Å². The molecule has 0 saturated heterocycles. The van der Waals surface area contributed by atoms with Crippen LogP contribution in [0.25, 0.3) is 0 Å². The van der Waals surface area contributed by atoms with Crippen molar-refractivity contribution in [2.75, 3.05) is 26.2 Å². The number of likely N-dealkylation sites (N-methyl/N-ethyl adjacent to an activating group) is 1. The number of unbranched alkanes of at least 4 members (excludes halogenated alkanes) is 1. The minimum Gasteiger partial charge on any atom is -0.395 e. The molecule has 0 aliphatic rings. The quantitative estimate of drug-likeness (QED) is 0.584. The first kappa shape index (κ1) is 14.4. The number of hydrogen-bond acceptors (Lipinski definition) is 3. The van der Waals surface area contributed by atoms with E-state index in [0.29, 0.717) is 6.54 Å². The fourth-order valence-electron chi connectivity index (χ4n) is 1.46. The number of amides is 1. The van der Waals surface area contributed by atoms with Gasteiger partial charge in [0.05, 0.1) is 12.6 Å². The Kier molecular flexibility index (Phi) is 8.33. The number of nitrogens with one attached hydrogen (secondary N) is 1. The summed E-state index contributed by atoms with van der Waals surface area (Å²) in [7, 11) is 0. The van der Waals surface area contributed by atoms with E-state index >= 15 is 0 Å². The highest BCUT2D eigenvalue weighted by Crippen LogP contribution is 1.98. The van der Waals surface area contributed by atoms with E-state index in [9.17, 15) is 4.79 Å². The molecule has 0 aromatic rings. The molecule has 4 heteroatoms. The van der Waals surface area contributed by atoms with Gasteiger partial charge in [-0.1, -0.05) is 20.3 Å². The predicted molar refractivity (Wildman–Crippen MR) is 61.7 cm³/mol. The van der Waals surface area contributed by atoms with Gasteiger partial charge in [0, 0.05) is 13.1 Å². The van der Waals surface area contributed by atoms with Gasteiger partial charge in [0.1, 0.15) is 0 Å². The van der Waals surface area contributed by atoms with Crippen LogP contribution in [0.15, 0.2) is 0 Å². The molecule has 4 nitrogen and oxygen atoms in total. The third kappa shape index (κ3) is 5.74. The molecule has 0 aliphatic heterocycles. The summed E-state index contributed by atoms with van der Waals surface area (Å²) in [6, 6.07) is -0.154. The molecule has 90 valence electrons. The van der Waals surface area contributed by atoms with Gasteiger partial charge in [-0.2, -0.15) is 0 Å². The number of hydrogen-bond donors (Lipinski definition) is 2. The Morgan fingerprint density at radius 3 is 2.60 bits per heavy atom. The van der Waals surface area contributed by atoms with Crippen LogP contribution in [-0.2, 0) is 4.79 Å². The van der Waals surface area contributed by atoms with Crippen LogP contribution in [0, 0.1) is 0 Å². The summed E-state index contributed by atoms with van der Waals surface area (Å²) in [5, 5.41) is 11.7. The summed E-state index contributed by atoms with van der Waals surface area (Å²) in [6.07, 6.45) is 2.10. The van der Waals surface area contributed by atoms with Crippen LogP contribution in [-0.4, -0.2) is 48.2 Å². The number of aliphatic hydroxyl groups excluding tert-OH is 1. The van der Waals surface area contributed by atoms with Crippen molar-refractivity contribution in [1.29, 1.82) is 0 Å². The van der Waals surface area contributed by atoms with Crippen LogP contribution in [0.4, 0.5) is 0 Å². The van der Waals surface area contributed by atoms with Gasteiger partial charge < -0.3 is 10.4 Å². The van der Waals surface area contributed by atoms with Gasteiger partial charge in [-0.15, -0.1) is 0 Å². The Balaban J connectivity index is 3.92. The topological polar surface area (TPSA) is 52.6 Å². The van der Waals surface area contributed by atoms with Crippen molar-refractivity contribution in [3.05, 3.63) is 0 Å². The largest absolute Gasteiger partial charge is 0.395 e. The van der Waals surface area contributed by atoms with E-state index in [1.807, 2.05) is 18.7 Å². The zero-order chi connectivity index (χ0) is 11.7. The van der Waals surface area contributed by atoms with Gasteiger partial charge in [-0.25, -0.2) is 0 Å². The molecule has 1 unspecified atom stereocenters. The fraction of sp³-hybridized carbons (Fsp3) is 0.909. The summed E-state index contributed by atoms with van der Waals surface area (Å²) in [4.78, 5) is 13.6. The molecule has 0 spiro atoms. The molecule has 2 N–H and O–H groups in total. The zero-order valence-corrected chi connectivity index (χ0v) is 10.1. The second-order valence-electron chi connectivity index (χ2n) is 3.67. The van der Waals surface area contributed by atoms with Gasteiger partial charge in [-0.3, -0.25) is 9.69 Å². The van der Waals surface area contributed by atoms with Crippen LogP contribution in [0.2, 0.25) is 0 Å². The molecule has 0 rings (SSSR count). The number of carbonyl (C=O) groups excluding carboxylic acids is 1. The Morgan fingerprint density at radius 1 is 1.47 bits per heavy atom. The lowest BCUT2D eigenvalue weighted by molar-refractivity contribution is -0.126. The molecule has 0 heterocycles.